The van der Waals surface area contributed by atoms with Crippen LogP contribution >= 0.6 is 0 Å². The second-order valence-electron chi connectivity index (χ2n) is 5.78. The molecular formula is C20H24FNO2. The second kappa shape index (κ2) is 8.60. The number of hydrogen-bond acceptors (Lipinski definition) is 3. The summed E-state index contributed by atoms with van der Waals surface area (Å²) in [5.41, 5.74) is 2.52. The minimum atomic E-state index is -0.258. The average molecular weight is 329 g/mol. The molecule has 0 bridgehead atoms. The van der Waals surface area contributed by atoms with Crippen LogP contribution in [0, 0.1) is 12.7 Å². The zero-order valence-electron chi connectivity index (χ0n) is 14.5. The molecule has 2 aromatic carbocycles. The zero-order chi connectivity index (χ0) is 17.5. The molecule has 3 nitrogen and oxygen atoms in total. The van der Waals surface area contributed by atoms with Gasteiger partial charge in [0.1, 0.15) is 18.2 Å². The standard InChI is InChI=1S/C20H24FNO2/c1-4-22(5-2)13-19(23)17-8-11-20(15(3)12-17)24-14-16-6-9-18(21)10-7-16/h6-12H,4-5,13-14H2,1-3H3. The highest BCUT2D eigenvalue weighted by atomic mass is 19.1. The Kier molecular flexibility index (Phi) is 6.50. The van der Waals surface area contributed by atoms with Gasteiger partial charge in [0, 0.05) is 5.56 Å². The maximum absolute atomic E-state index is 12.9. The Labute approximate surface area is 143 Å². The van der Waals surface area contributed by atoms with E-state index in [9.17, 15) is 9.18 Å². The van der Waals surface area contributed by atoms with Crippen molar-refractivity contribution >= 4 is 5.78 Å². The number of halogens is 1. The summed E-state index contributed by atoms with van der Waals surface area (Å²) in [7, 11) is 0. The molecular weight excluding hydrogens is 305 g/mol. The lowest BCUT2D eigenvalue weighted by atomic mass is 10.1. The summed E-state index contributed by atoms with van der Waals surface area (Å²) in [4.78, 5) is 14.4. The molecule has 0 fully saturated rings. The predicted octanol–water partition coefficient (Wildman–Crippen LogP) is 4.24. The molecule has 0 aliphatic heterocycles. The molecule has 0 atom stereocenters. The molecule has 0 spiro atoms. The minimum absolute atomic E-state index is 0.117. The van der Waals surface area contributed by atoms with E-state index >= 15 is 0 Å². The Morgan fingerprint density at radius 1 is 1.08 bits per heavy atom. The van der Waals surface area contributed by atoms with E-state index in [1.54, 1.807) is 18.2 Å². The van der Waals surface area contributed by atoms with Crippen LogP contribution in [0.5, 0.6) is 5.75 Å². The molecule has 4 heteroatoms. The van der Waals surface area contributed by atoms with Crippen LogP contribution in [-0.4, -0.2) is 30.3 Å². The molecule has 0 heterocycles. The van der Waals surface area contributed by atoms with E-state index in [0.29, 0.717) is 18.7 Å². The largest absolute Gasteiger partial charge is 0.489 e. The van der Waals surface area contributed by atoms with Crippen molar-refractivity contribution < 1.29 is 13.9 Å². The third kappa shape index (κ3) is 4.90. The molecule has 0 aromatic heterocycles. The number of Topliss-reactive ketones (excluding diaryl/α,β-unsaturated/α-hetero) is 1. The number of aryl methyl sites for hydroxylation is 1. The van der Waals surface area contributed by atoms with E-state index in [-0.39, 0.29) is 11.6 Å². The third-order valence-corrected chi connectivity index (χ3v) is 4.07. The third-order valence-electron chi connectivity index (χ3n) is 4.07. The van der Waals surface area contributed by atoms with Gasteiger partial charge in [-0.05, 0) is 61.5 Å². The summed E-state index contributed by atoms with van der Waals surface area (Å²) < 4.78 is 18.7. The van der Waals surface area contributed by atoms with Crippen molar-refractivity contribution in [2.24, 2.45) is 0 Å². The molecule has 2 aromatic rings. The first kappa shape index (κ1) is 18.1. The van der Waals surface area contributed by atoms with Gasteiger partial charge in [-0.3, -0.25) is 9.69 Å². The lowest BCUT2D eigenvalue weighted by Crippen LogP contribution is -2.29. The number of ether oxygens (including phenoxy) is 1. The second-order valence-corrected chi connectivity index (χ2v) is 5.78. The summed E-state index contributed by atoms with van der Waals surface area (Å²) >= 11 is 0. The van der Waals surface area contributed by atoms with Crippen LogP contribution < -0.4 is 4.74 Å². The molecule has 128 valence electrons. The molecule has 0 amide bonds. The van der Waals surface area contributed by atoms with E-state index < -0.39 is 0 Å². The Morgan fingerprint density at radius 2 is 1.75 bits per heavy atom. The van der Waals surface area contributed by atoms with E-state index in [2.05, 4.69) is 18.7 Å². The topological polar surface area (TPSA) is 29.5 Å². The van der Waals surface area contributed by atoms with Gasteiger partial charge in [0.2, 0.25) is 0 Å². The maximum Gasteiger partial charge on any atom is 0.176 e. The van der Waals surface area contributed by atoms with Crippen molar-refractivity contribution in [2.75, 3.05) is 19.6 Å². The van der Waals surface area contributed by atoms with Crippen molar-refractivity contribution in [1.29, 1.82) is 0 Å². The number of rotatable bonds is 8. The fourth-order valence-corrected chi connectivity index (χ4v) is 2.47. The summed E-state index contributed by atoms with van der Waals surface area (Å²) in [6.07, 6.45) is 0. The molecule has 2 rings (SSSR count). The fraction of sp³-hybridized carbons (Fsp3) is 0.350. The molecule has 0 radical (unpaired) electrons. The normalized spacial score (nSPS) is 10.9. The lowest BCUT2D eigenvalue weighted by molar-refractivity contribution is 0.0937. The van der Waals surface area contributed by atoms with Gasteiger partial charge in [0.15, 0.2) is 5.78 Å². The quantitative estimate of drug-likeness (QED) is 0.679. The molecule has 0 aliphatic rings. The minimum Gasteiger partial charge on any atom is -0.489 e. The summed E-state index contributed by atoms with van der Waals surface area (Å²) in [5, 5.41) is 0. The van der Waals surface area contributed by atoms with Crippen molar-refractivity contribution in [2.45, 2.75) is 27.4 Å². The number of nitrogens with zero attached hydrogens (tertiary/aromatic N) is 1. The Hall–Kier alpha value is -2.20. The van der Waals surface area contributed by atoms with Crippen LogP contribution in [-0.2, 0) is 6.61 Å². The van der Waals surface area contributed by atoms with Crippen molar-refractivity contribution in [1.82, 2.24) is 4.90 Å². The average Bonchev–Trinajstić information content (AvgIpc) is 2.59. The fourth-order valence-electron chi connectivity index (χ4n) is 2.47. The number of hydrogen-bond donors (Lipinski definition) is 0. The molecule has 24 heavy (non-hydrogen) atoms. The number of likely N-dealkylation sites (N-methyl/N-ethyl adjacent to an activating group) is 1. The van der Waals surface area contributed by atoms with E-state index in [1.165, 1.54) is 12.1 Å². The van der Waals surface area contributed by atoms with Crippen LogP contribution in [0.4, 0.5) is 4.39 Å². The highest BCUT2D eigenvalue weighted by Gasteiger charge is 2.12. The van der Waals surface area contributed by atoms with Crippen molar-refractivity contribution in [3.8, 4) is 5.75 Å². The monoisotopic (exact) mass is 329 g/mol. The highest BCUT2D eigenvalue weighted by Crippen LogP contribution is 2.21. The van der Waals surface area contributed by atoms with E-state index in [4.69, 9.17) is 4.74 Å². The first-order valence-corrected chi connectivity index (χ1v) is 8.27. The highest BCUT2D eigenvalue weighted by molar-refractivity contribution is 5.97. The predicted molar refractivity (Wildman–Crippen MR) is 94.0 cm³/mol. The SMILES string of the molecule is CCN(CC)CC(=O)c1ccc(OCc2ccc(F)cc2)c(C)c1. The lowest BCUT2D eigenvalue weighted by Gasteiger charge is -2.17. The van der Waals surface area contributed by atoms with Gasteiger partial charge in [-0.1, -0.05) is 26.0 Å². The Bertz CT molecular complexity index is 679. The molecule has 0 N–H and O–H groups in total. The summed E-state index contributed by atoms with van der Waals surface area (Å²) in [5.74, 6) is 0.594. The van der Waals surface area contributed by atoms with Crippen LogP contribution in [0.15, 0.2) is 42.5 Å². The van der Waals surface area contributed by atoms with Gasteiger partial charge in [0.05, 0.1) is 6.54 Å². The van der Waals surface area contributed by atoms with Crippen LogP contribution in [0.3, 0.4) is 0 Å². The molecule has 0 unspecified atom stereocenters. The Morgan fingerprint density at radius 3 is 2.33 bits per heavy atom. The van der Waals surface area contributed by atoms with E-state index in [1.807, 2.05) is 19.1 Å². The number of benzene rings is 2. The number of carbonyl (C=O) groups excluding carboxylic acids is 1. The van der Waals surface area contributed by atoms with Crippen LogP contribution in [0.25, 0.3) is 0 Å². The number of ketones is 1. The summed E-state index contributed by atoms with van der Waals surface area (Å²) in [6.45, 7) is 8.55. The van der Waals surface area contributed by atoms with Crippen LogP contribution in [0.2, 0.25) is 0 Å². The van der Waals surface area contributed by atoms with Gasteiger partial charge in [-0.25, -0.2) is 4.39 Å². The van der Waals surface area contributed by atoms with Crippen molar-refractivity contribution in [3.63, 3.8) is 0 Å². The summed E-state index contributed by atoms with van der Waals surface area (Å²) in [6, 6.07) is 11.7. The first-order valence-electron chi connectivity index (χ1n) is 8.27. The van der Waals surface area contributed by atoms with Crippen LogP contribution in [0.1, 0.15) is 35.3 Å². The van der Waals surface area contributed by atoms with Gasteiger partial charge in [-0.2, -0.15) is 0 Å². The maximum atomic E-state index is 12.9. The molecule has 0 saturated carbocycles. The molecule has 0 saturated heterocycles. The van der Waals surface area contributed by atoms with Gasteiger partial charge in [-0.15, -0.1) is 0 Å². The number of carbonyl (C=O) groups is 1. The van der Waals surface area contributed by atoms with Gasteiger partial charge < -0.3 is 4.74 Å². The smallest absolute Gasteiger partial charge is 0.176 e. The Balaban J connectivity index is 2.01. The zero-order valence-corrected chi connectivity index (χ0v) is 14.5. The van der Waals surface area contributed by atoms with Gasteiger partial charge >= 0.3 is 0 Å². The van der Waals surface area contributed by atoms with Crippen molar-refractivity contribution in [3.05, 3.63) is 65.0 Å². The van der Waals surface area contributed by atoms with E-state index in [0.717, 1.165) is 30.0 Å². The molecule has 0 aliphatic carbocycles. The van der Waals surface area contributed by atoms with Gasteiger partial charge in [0.25, 0.3) is 0 Å². The first-order chi connectivity index (χ1) is 11.5.